The van der Waals surface area contributed by atoms with Gasteiger partial charge in [-0.15, -0.1) is 0 Å². The zero-order valence-corrected chi connectivity index (χ0v) is 11.7. The summed E-state index contributed by atoms with van der Waals surface area (Å²) in [6.45, 7) is 1.98. The predicted molar refractivity (Wildman–Crippen MR) is 72.7 cm³/mol. The van der Waals surface area contributed by atoms with Gasteiger partial charge in [-0.1, -0.05) is 12.1 Å². The van der Waals surface area contributed by atoms with Crippen LogP contribution >= 0.6 is 0 Å². The van der Waals surface area contributed by atoms with Gasteiger partial charge in [-0.3, -0.25) is 0 Å². The van der Waals surface area contributed by atoms with E-state index in [2.05, 4.69) is 4.72 Å². The molecule has 104 valence electrons. The fourth-order valence-corrected chi connectivity index (χ4v) is 2.80. The summed E-state index contributed by atoms with van der Waals surface area (Å²) in [7, 11) is -3.40. The molecule has 0 aliphatic carbocycles. The van der Waals surface area contributed by atoms with Crippen LogP contribution in [0.15, 0.2) is 24.3 Å². The minimum absolute atomic E-state index is 0.142. The second-order valence-electron chi connectivity index (χ2n) is 4.46. The number of nitrogens with one attached hydrogen (secondary N) is 1. The molecule has 0 aromatic heterocycles. The molecule has 0 bridgehead atoms. The lowest BCUT2D eigenvalue weighted by Gasteiger charge is -2.08. The maximum absolute atomic E-state index is 11.8. The Kier molecular flexibility index (Phi) is 5.96. The van der Waals surface area contributed by atoms with E-state index in [4.69, 9.17) is 10.4 Å². The van der Waals surface area contributed by atoms with Gasteiger partial charge in [0.05, 0.1) is 23.5 Å². The maximum atomic E-state index is 11.8. The SMILES string of the molecule is CC(O)CCCNS(=O)(=O)Cc1cccc(C#N)c1. The second kappa shape index (κ2) is 7.24. The highest BCUT2D eigenvalue weighted by molar-refractivity contribution is 7.88. The molecule has 19 heavy (non-hydrogen) atoms. The maximum Gasteiger partial charge on any atom is 0.215 e. The summed E-state index contributed by atoms with van der Waals surface area (Å²) in [5, 5.41) is 17.8. The molecule has 2 N–H and O–H groups in total. The van der Waals surface area contributed by atoms with Crippen LogP contribution in [-0.2, 0) is 15.8 Å². The third-order valence-corrected chi connectivity index (χ3v) is 3.89. The average molecular weight is 282 g/mol. The molecular weight excluding hydrogens is 264 g/mol. The summed E-state index contributed by atoms with van der Waals surface area (Å²) in [6, 6.07) is 8.51. The van der Waals surface area contributed by atoms with E-state index in [-0.39, 0.29) is 5.75 Å². The Morgan fingerprint density at radius 1 is 1.47 bits per heavy atom. The number of rotatable bonds is 7. The molecule has 0 fully saturated rings. The molecule has 5 nitrogen and oxygen atoms in total. The lowest BCUT2D eigenvalue weighted by molar-refractivity contribution is 0.182. The number of nitriles is 1. The van der Waals surface area contributed by atoms with E-state index in [1.807, 2.05) is 6.07 Å². The Morgan fingerprint density at radius 2 is 2.21 bits per heavy atom. The normalized spacial score (nSPS) is 12.9. The highest BCUT2D eigenvalue weighted by atomic mass is 32.2. The predicted octanol–water partition coefficient (Wildman–Crippen LogP) is 1.14. The van der Waals surface area contributed by atoms with Crippen LogP contribution in [0.1, 0.15) is 30.9 Å². The highest BCUT2D eigenvalue weighted by Crippen LogP contribution is 2.08. The van der Waals surface area contributed by atoms with Gasteiger partial charge in [-0.25, -0.2) is 13.1 Å². The van der Waals surface area contributed by atoms with Crippen LogP contribution in [0.25, 0.3) is 0 Å². The van der Waals surface area contributed by atoms with Gasteiger partial charge in [0.1, 0.15) is 0 Å². The van der Waals surface area contributed by atoms with Crippen molar-refractivity contribution in [2.75, 3.05) is 6.54 Å². The Balaban J connectivity index is 2.52. The van der Waals surface area contributed by atoms with Crippen LogP contribution < -0.4 is 4.72 Å². The molecule has 1 unspecified atom stereocenters. The number of aliphatic hydroxyl groups is 1. The molecule has 1 aromatic rings. The summed E-state index contributed by atoms with van der Waals surface area (Å²) < 4.78 is 26.1. The van der Waals surface area contributed by atoms with Crippen LogP contribution in [0.5, 0.6) is 0 Å². The molecule has 0 saturated carbocycles. The van der Waals surface area contributed by atoms with Crippen molar-refractivity contribution in [1.29, 1.82) is 5.26 Å². The van der Waals surface area contributed by atoms with Crippen molar-refractivity contribution in [3.05, 3.63) is 35.4 Å². The smallest absolute Gasteiger partial charge is 0.215 e. The molecule has 6 heteroatoms. The van der Waals surface area contributed by atoms with Crippen molar-refractivity contribution in [2.24, 2.45) is 0 Å². The van der Waals surface area contributed by atoms with Gasteiger partial charge in [-0.05, 0) is 37.5 Å². The number of benzene rings is 1. The van der Waals surface area contributed by atoms with Gasteiger partial charge >= 0.3 is 0 Å². The van der Waals surface area contributed by atoms with Gasteiger partial charge in [0.2, 0.25) is 10.0 Å². The number of nitrogens with zero attached hydrogens (tertiary/aromatic N) is 1. The topological polar surface area (TPSA) is 90.2 Å². The van der Waals surface area contributed by atoms with Crippen molar-refractivity contribution < 1.29 is 13.5 Å². The van der Waals surface area contributed by atoms with E-state index in [0.717, 1.165) is 0 Å². The minimum Gasteiger partial charge on any atom is -0.393 e. The van der Waals surface area contributed by atoms with Crippen molar-refractivity contribution in [2.45, 2.75) is 31.6 Å². The molecule has 1 rings (SSSR count). The van der Waals surface area contributed by atoms with Crippen LogP contribution in [0.2, 0.25) is 0 Å². The molecular formula is C13H18N2O3S. The summed E-state index contributed by atoms with van der Waals surface area (Å²) >= 11 is 0. The number of aliphatic hydroxyl groups excluding tert-OH is 1. The van der Waals surface area contributed by atoms with Gasteiger partial charge in [0.25, 0.3) is 0 Å². The van der Waals surface area contributed by atoms with Gasteiger partial charge < -0.3 is 5.11 Å². The van der Waals surface area contributed by atoms with Gasteiger partial charge in [-0.2, -0.15) is 5.26 Å². The Hall–Kier alpha value is -1.42. The number of hydrogen-bond donors (Lipinski definition) is 2. The van der Waals surface area contributed by atoms with Gasteiger partial charge in [0.15, 0.2) is 0 Å². The summed E-state index contributed by atoms with van der Waals surface area (Å²) in [4.78, 5) is 0. The van der Waals surface area contributed by atoms with Crippen molar-refractivity contribution in [3.8, 4) is 6.07 Å². The fraction of sp³-hybridized carbons (Fsp3) is 0.462. The summed E-state index contributed by atoms with van der Waals surface area (Å²) in [5.74, 6) is -0.142. The molecule has 0 aliphatic rings. The molecule has 0 amide bonds. The van der Waals surface area contributed by atoms with Crippen LogP contribution in [0.4, 0.5) is 0 Å². The third-order valence-electron chi connectivity index (χ3n) is 2.53. The lowest BCUT2D eigenvalue weighted by Crippen LogP contribution is -2.26. The number of sulfonamides is 1. The van der Waals surface area contributed by atoms with Crippen molar-refractivity contribution in [3.63, 3.8) is 0 Å². The Morgan fingerprint density at radius 3 is 2.84 bits per heavy atom. The quantitative estimate of drug-likeness (QED) is 0.734. The largest absolute Gasteiger partial charge is 0.393 e. The second-order valence-corrected chi connectivity index (χ2v) is 6.26. The van der Waals surface area contributed by atoms with Crippen LogP contribution in [0.3, 0.4) is 0 Å². The first-order chi connectivity index (χ1) is 8.93. The molecule has 0 saturated heterocycles. The van der Waals surface area contributed by atoms with E-state index in [1.165, 1.54) is 0 Å². The first-order valence-electron chi connectivity index (χ1n) is 6.07. The van der Waals surface area contributed by atoms with E-state index >= 15 is 0 Å². The average Bonchev–Trinajstić information content (AvgIpc) is 2.34. The zero-order chi connectivity index (χ0) is 14.3. The first kappa shape index (κ1) is 15.6. The van der Waals surface area contributed by atoms with Crippen molar-refractivity contribution in [1.82, 2.24) is 4.72 Å². The third kappa shape index (κ3) is 6.34. The summed E-state index contributed by atoms with van der Waals surface area (Å²) in [5.41, 5.74) is 1.03. The van der Waals surface area contributed by atoms with E-state index in [1.54, 1.807) is 31.2 Å². The molecule has 1 aromatic carbocycles. The lowest BCUT2D eigenvalue weighted by atomic mass is 10.2. The van der Waals surface area contributed by atoms with Crippen molar-refractivity contribution >= 4 is 10.0 Å². The minimum atomic E-state index is -3.40. The molecule has 0 aliphatic heterocycles. The zero-order valence-electron chi connectivity index (χ0n) is 10.8. The molecule has 0 heterocycles. The Bertz CT molecular complexity index is 547. The summed E-state index contributed by atoms with van der Waals surface area (Å²) in [6.07, 6.45) is 0.735. The monoisotopic (exact) mass is 282 g/mol. The number of hydrogen-bond acceptors (Lipinski definition) is 4. The Labute approximate surface area is 113 Å². The molecule has 0 radical (unpaired) electrons. The van der Waals surface area contributed by atoms with E-state index in [0.29, 0.717) is 30.5 Å². The highest BCUT2D eigenvalue weighted by Gasteiger charge is 2.11. The van der Waals surface area contributed by atoms with Crippen LogP contribution in [-0.4, -0.2) is 26.2 Å². The molecule has 0 spiro atoms. The van der Waals surface area contributed by atoms with E-state index < -0.39 is 16.1 Å². The fourth-order valence-electron chi connectivity index (χ4n) is 1.63. The molecule has 1 atom stereocenters. The van der Waals surface area contributed by atoms with Gasteiger partial charge in [0, 0.05) is 6.54 Å². The van der Waals surface area contributed by atoms with Crippen LogP contribution in [0, 0.1) is 11.3 Å². The first-order valence-corrected chi connectivity index (χ1v) is 7.72. The standard InChI is InChI=1S/C13H18N2O3S/c1-11(16)4-3-7-15-19(17,18)10-13-6-2-5-12(8-13)9-14/h2,5-6,8,11,15-16H,3-4,7,10H2,1H3. The van der Waals surface area contributed by atoms with E-state index in [9.17, 15) is 8.42 Å².